The van der Waals surface area contributed by atoms with Crippen LogP contribution in [0.2, 0.25) is 0 Å². The number of carbonyl (C=O) groups is 2. The van der Waals surface area contributed by atoms with Gasteiger partial charge in [-0.25, -0.2) is 4.68 Å². The van der Waals surface area contributed by atoms with Gasteiger partial charge in [-0.1, -0.05) is 45.0 Å². The van der Waals surface area contributed by atoms with Crippen LogP contribution in [0.25, 0.3) is 0 Å². The lowest BCUT2D eigenvalue weighted by molar-refractivity contribution is -0.136. The molecule has 1 atom stereocenters. The maximum atomic E-state index is 12.1. The van der Waals surface area contributed by atoms with Crippen LogP contribution < -0.4 is 10.6 Å². The predicted molar refractivity (Wildman–Crippen MR) is 99.8 cm³/mol. The summed E-state index contributed by atoms with van der Waals surface area (Å²) in [6.07, 6.45) is 2.11. The zero-order valence-corrected chi connectivity index (χ0v) is 15.4. The van der Waals surface area contributed by atoms with Gasteiger partial charge in [0.2, 0.25) is 0 Å². The summed E-state index contributed by atoms with van der Waals surface area (Å²) < 4.78 is 1.62. The third-order valence-electron chi connectivity index (χ3n) is 4.19. The van der Waals surface area contributed by atoms with Crippen molar-refractivity contribution >= 4 is 17.6 Å². The molecule has 1 heterocycles. The number of anilines is 1. The molecule has 2 amide bonds. The minimum Gasteiger partial charge on any atom is -0.394 e. The standard InChI is InChI=1S/C19H26N4O3/c1-4-16(12-24)21-18(25)19(26)22-17-9-10-20-23(17)11-14-5-7-15(8-6-14)13(2)3/h5-10,13,16,24H,4,11-12H2,1-3H3,(H,21,25)(H,22,26). The molecule has 2 aromatic rings. The first-order valence-electron chi connectivity index (χ1n) is 8.78. The van der Waals surface area contributed by atoms with Gasteiger partial charge in [0.25, 0.3) is 0 Å². The van der Waals surface area contributed by atoms with E-state index in [1.807, 2.05) is 19.1 Å². The quantitative estimate of drug-likeness (QED) is 0.659. The predicted octanol–water partition coefficient (Wildman–Crippen LogP) is 1.88. The van der Waals surface area contributed by atoms with Crippen LogP contribution in [0.15, 0.2) is 36.5 Å². The van der Waals surface area contributed by atoms with Gasteiger partial charge in [0, 0.05) is 6.07 Å². The molecule has 0 aliphatic heterocycles. The van der Waals surface area contributed by atoms with E-state index in [4.69, 9.17) is 5.11 Å². The zero-order chi connectivity index (χ0) is 19.1. The summed E-state index contributed by atoms with van der Waals surface area (Å²) in [6, 6.07) is 9.42. The number of aromatic nitrogens is 2. The van der Waals surface area contributed by atoms with Crippen LogP contribution in [0, 0.1) is 0 Å². The number of benzene rings is 1. The summed E-state index contributed by atoms with van der Waals surface area (Å²) in [7, 11) is 0. The molecule has 2 rings (SSSR count). The number of nitrogens with zero attached hydrogens (tertiary/aromatic N) is 2. The highest BCUT2D eigenvalue weighted by Gasteiger charge is 2.18. The van der Waals surface area contributed by atoms with Crippen molar-refractivity contribution in [2.24, 2.45) is 0 Å². The molecule has 1 unspecified atom stereocenters. The maximum Gasteiger partial charge on any atom is 0.314 e. The molecule has 140 valence electrons. The number of rotatable bonds is 7. The topological polar surface area (TPSA) is 96.2 Å². The SMILES string of the molecule is CCC(CO)NC(=O)C(=O)Nc1ccnn1Cc1ccc(C(C)C)cc1. The second-order valence-corrected chi connectivity index (χ2v) is 6.49. The van der Waals surface area contributed by atoms with Crippen molar-refractivity contribution in [2.45, 2.75) is 45.7 Å². The molecule has 7 heteroatoms. The third kappa shape index (κ3) is 5.16. The van der Waals surface area contributed by atoms with Crippen molar-refractivity contribution < 1.29 is 14.7 Å². The summed E-state index contributed by atoms with van der Waals surface area (Å²) >= 11 is 0. The van der Waals surface area contributed by atoms with E-state index in [1.165, 1.54) is 5.56 Å². The second kappa shape index (κ2) is 9.15. The van der Waals surface area contributed by atoms with Crippen molar-refractivity contribution in [2.75, 3.05) is 11.9 Å². The molecule has 3 N–H and O–H groups in total. The van der Waals surface area contributed by atoms with E-state index >= 15 is 0 Å². The average Bonchev–Trinajstić information content (AvgIpc) is 3.06. The number of nitrogens with one attached hydrogen (secondary N) is 2. The molecule has 0 spiro atoms. The number of hydrogen-bond donors (Lipinski definition) is 3. The van der Waals surface area contributed by atoms with Crippen LogP contribution in [-0.4, -0.2) is 39.4 Å². The van der Waals surface area contributed by atoms with Crippen LogP contribution in [0.3, 0.4) is 0 Å². The Labute approximate surface area is 153 Å². The van der Waals surface area contributed by atoms with Gasteiger partial charge in [0.1, 0.15) is 5.82 Å². The van der Waals surface area contributed by atoms with Gasteiger partial charge in [-0.05, 0) is 23.5 Å². The summed E-state index contributed by atoms with van der Waals surface area (Å²) in [6.45, 7) is 6.37. The molecule has 0 bridgehead atoms. The number of aliphatic hydroxyl groups is 1. The Kier molecular flexibility index (Phi) is 6.91. The molecule has 1 aromatic heterocycles. The van der Waals surface area contributed by atoms with E-state index in [-0.39, 0.29) is 6.61 Å². The Morgan fingerprint density at radius 1 is 1.15 bits per heavy atom. The molecule has 0 saturated heterocycles. The van der Waals surface area contributed by atoms with Crippen molar-refractivity contribution in [1.29, 1.82) is 0 Å². The highest BCUT2D eigenvalue weighted by molar-refractivity contribution is 6.39. The summed E-state index contributed by atoms with van der Waals surface area (Å²) in [5.74, 6) is -0.656. The van der Waals surface area contributed by atoms with Crippen LogP contribution >= 0.6 is 0 Å². The number of hydrogen-bond acceptors (Lipinski definition) is 4. The molecule has 0 saturated carbocycles. The lowest BCUT2D eigenvalue weighted by atomic mass is 10.0. The molecule has 1 aromatic carbocycles. The average molecular weight is 358 g/mol. The number of aliphatic hydroxyl groups excluding tert-OH is 1. The first kappa shape index (κ1) is 19.7. The molecule has 0 fully saturated rings. The van der Waals surface area contributed by atoms with E-state index < -0.39 is 17.9 Å². The molecule has 0 radical (unpaired) electrons. The molecular formula is C19H26N4O3. The van der Waals surface area contributed by atoms with Crippen LogP contribution in [0.5, 0.6) is 0 Å². The highest BCUT2D eigenvalue weighted by Crippen LogP contribution is 2.16. The van der Waals surface area contributed by atoms with E-state index in [1.54, 1.807) is 16.9 Å². The van der Waals surface area contributed by atoms with Crippen molar-refractivity contribution in [1.82, 2.24) is 15.1 Å². The van der Waals surface area contributed by atoms with Crippen LogP contribution in [0.1, 0.15) is 44.2 Å². The third-order valence-corrected chi connectivity index (χ3v) is 4.19. The van der Waals surface area contributed by atoms with E-state index in [0.29, 0.717) is 24.7 Å². The van der Waals surface area contributed by atoms with Crippen LogP contribution in [0.4, 0.5) is 5.82 Å². The summed E-state index contributed by atoms with van der Waals surface area (Å²) in [5, 5.41) is 18.4. The fourth-order valence-electron chi connectivity index (χ4n) is 2.45. The Balaban J connectivity index is 2.01. The molecule has 0 aliphatic carbocycles. The number of carbonyl (C=O) groups excluding carboxylic acids is 2. The molecular weight excluding hydrogens is 332 g/mol. The lowest BCUT2D eigenvalue weighted by Gasteiger charge is -2.14. The van der Waals surface area contributed by atoms with Crippen molar-refractivity contribution in [3.05, 3.63) is 47.7 Å². The smallest absolute Gasteiger partial charge is 0.314 e. The zero-order valence-electron chi connectivity index (χ0n) is 15.4. The monoisotopic (exact) mass is 358 g/mol. The van der Waals surface area contributed by atoms with Crippen molar-refractivity contribution in [3.8, 4) is 0 Å². The van der Waals surface area contributed by atoms with Gasteiger partial charge in [0.05, 0.1) is 25.4 Å². The summed E-state index contributed by atoms with van der Waals surface area (Å²) in [5.41, 5.74) is 2.30. The lowest BCUT2D eigenvalue weighted by Crippen LogP contribution is -2.43. The van der Waals surface area contributed by atoms with Gasteiger partial charge in [-0.15, -0.1) is 0 Å². The van der Waals surface area contributed by atoms with Crippen molar-refractivity contribution in [3.63, 3.8) is 0 Å². The summed E-state index contributed by atoms with van der Waals surface area (Å²) in [4.78, 5) is 24.0. The Bertz CT molecular complexity index is 733. The van der Waals surface area contributed by atoms with E-state index in [2.05, 4.69) is 41.7 Å². The van der Waals surface area contributed by atoms with E-state index in [9.17, 15) is 9.59 Å². The highest BCUT2D eigenvalue weighted by atomic mass is 16.3. The Morgan fingerprint density at radius 3 is 2.42 bits per heavy atom. The van der Waals surface area contributed by atoms with Crippen LogP contribution in [-0.2, 0) is 16.1 Å². The molecule has 26 heavy (non-hydrogen) atoms. The van der Waals surface area contributed by atoms with Gasteiger partial charge in [0.15, 0.2) is 0 Å². The van der Waals surface area contributed by atoms with E-state index in [0.717, 1.165) is 5.56 Å². The second-order valence-electron chi connectivity index (χ2n) is 6.49. The van der Waals surface area contributed by atoms with Gasteiger partial charge < -0.3 is 15.7 Å². The fraction of sp³-hybridized carbons (Fsp3) is 0.421. The van der Waals surface area contributed by atoms with Gasteiger partial charge in [-0.2, -0.15) is 5.10 Å². The maximum absolute atomic E-state index is 12.1. The fourth-order valence-corrected chi connectivity index (χ4v) is 2.45. The Morgan fingerprint density at radius 2 is 1.85 bits per heavy atom. The largest absolute Gasteiger partial charge is 0.394 e. The number of amides is 2. The van der Waals surface area contributed by atoms with Gasteiger partial charge >= 0.3 is 11.8 Å². The van der Waals surface area contributed by atoms with Gasteiger partial charge in [-0.3, -0.25) is 9.59 Å². The first-order chi connectivity index (χ1) is 12.4. The molecule has 7 nitrogen and oxygen atoms in total. The minimum absolute atomic E-state index is 0.209. The first-order valence-corrected chi connectivity index (χ1v) is 8.78. The normalized spacial score (nSPS) is 12.0. The molecule has 0 aliphatic rings. The Hall–Kier alpha value is -2.67. The minimum atomic E-state index is -0.784.